The molecule has 2 aliphatic heterocycles. The fourth-order valence-corrected chi connectivity index (χ4v) is 3.75. The Labute approximate surface area is 124 Å². The van der Waals surface area contributed by atoms with Gasteiger partial charge in [-0.15, -0.1) is 0 Å². The van der Waals surface area contributed by atoms with Gasteiger partial charge in [0.1, 0.15) is 0 Å². The van der Waals surface area contributed by atoms with Crippen LogP contribution in [-0.2, 0) is 10.3 Å². The third-order valence-corrected chi connectivity index (χ3v) is 4.76. The van der Waals surface area contributed by atoms with Gasteiger partial charge in [0.15, 0.2) is 5.78 Å². The highest BCUT2D eigenvalue weighted by molar-refractivity contribution is 5.88. The van der Waals surface area contributed by atoms with Crippen molar-refractivity contribution in [2.24, 2.45) is 0 Å². The third kappa shape index (κ3) is 2.21. The Morgan fingerprint density at radius 2 is 1.90 bits per heavy atom. The summed E-state index contributed by atoms with van der Waals surface area (Å²) in [5.74, 6) is 0.160. The zero-order valence-electron chi connectivity index (χ0n) is 12.3. The number of Topliss-reactive ketones (excluding diaryl/α,β-unsaturated/α-hetero) is 1. The Kier molecular flexibility index (Phi) is 3.24. The van der Waals surface area contributed by atoms with Crippen LogP contribution in [0.2, 0.25) is 0 Å². The van der Waals surface area contributed by atoms with Gasteiger partial charge in [0.2, 0.25) is 0 Å². The summed E-state index contributed by atoms with van der Waals surface area (Å²) in [6.07, 6.45) is -0.484. The summed E-state index contributed by atoms with van der Waals surface area (Å²) in [5, 5.41) is 9.19. The lowest BCUT2D eigenvalue weighted by molar-refractivity contribution is -0.122. The SMILES string of the molecule is CC(C)(c1ccccc1)N1[C@@H]2CC(=O)[C@H]1CN(C(=O)O)C2. The fourth-order valence-electron chi connectivity index (χ4n) is 3.75. The molecule has 1 aromatic carbocycles. The molecule has 0 aromatic heterocycles. The van der Waals surface area contributed by atoms with Crippen molar-refractivity contribution in [1.29, 1.82) is 0 Å². The molecule has 1 amide bonds. The van der Waals surface area contributed by atoms with Crippen LogP contribution in [0.5, 0.6) is 0 Å². The molecule has 5 nitrogen and oxygen atoms in total. The predicted molar refractivity (Wildman–Crippen MR) is 78.1 cm³/mol. The molecule has 0 saturated carbocycles. The molecule has 3 rings (SSSR count). The molecule has 2 aliphatic rings. The maximum Gasteiger partial charge on any atom is 0.407 e. The number of carbonyl (C=O) groups is 2. The van der Waals surface area contributed by atoms with Gasteiger partial charge in [0, 0.05) is 31.1 Å². The molecule has 2 atom stereocenters. The minimum Gasteiger partial charge on any atom is -0.465 e. The summed E-state index contributed by atoms with van der Waals surface area (Å²) in [4.78, 5) is 27.0. The zero-order chi connectivity index (χ0) is 15.2. The molecular formula is C16H20N2O3. The van der Waals surface area contributed by atoms with Crippen LogP contribution in [0.1, 0.15) is 25.8 Å². The van der Waals surface area contributed by atoms with Crippen LogP contribution in [0.15, 0.2) is 30.3 Å². The number of rotatable bonds is 2. The maximum absolute atomic E-state index is 12.3. The number of nitrogens with zero attached hydrogens (tertiary/aromatic N) is 2. The highest BCUT2D eigenvalue weighted by atomic mass is 16.4. The second-order valence-corrected chi connectivity index (χ2v) is 6.36. The van der Waals surface area contributed by atoms with Crippen LogP contribution in [0.4, 0.5) is 4.79 Å². The van der Waals surface area contributed by atoms with E-state index >= 15 is 0 Å². The van der Waals surface area contributed by atoms with E-state index in [-0.39, 0.29) is 30.0 Å². The van der Waals surface area contributed by atoms with Gasteiger partial charge in [-0.1, -0.05) is 30.3 Å². The average molecular weight is 288 g/mol. The Morgan fingerprint density at radius 3 is 2.48 bits per heavy atom. The molecule has 0 aliphatic carbocycles. The van der Waals surface area contributed by atoms with Gasteiger partial charge in [-0.05, 0) is 19.4 Å². The number of ketones is 1. The van der Waals surface area contributed by atoms with E-state index in [0.29, 0.717) is 13.0 Å². The van der Waals surface area contributed by atoms with Crippen molar-refractivity contribution in [1.82, 2.24) is 9.80 Å². The van der Waals surface area contributed by atoms with Crippen LogP contribution >= 0.6 is 0 Å². The first-order valence-corrected chi connectivity index (χ1v) is 7.26. The molecule has 2 fully saturated rings. The number of hydrogen-bond donors (Lipinski definition) is 1. The van der Waals surface area contributed by atoms with Gasteiger partial charge in [0.05, 0.1) is 6.04 Å². The van der Waals surface area contributed by atoms with E-state index in [0.717, 1.165) is 5.56 Å². The topological polar surface area (TPSA) is 60.9 Å². The maximum atomic E-state index is 12.3. The van der Waals surface area contributed by atoms with Crippen molar-refractivity contribution < 1.29 is 14.7 Å². The van der Waals surface area contributed by atoms with E-state index in [9.17, 15) is 14.7 Å². The Morgan fingerprint density at radius 1 is 1.24 bits per heavy atom. The first-order chi connectivity index (χ1) is 9.91. The normalized spacial score (nSPS) is 26.2. The smallest absolute Gasteiger partial charge is 0.407 e. The third-order valence-electron chi connectivity index (χ3n) is 4.76. The molecule has 2 heterocycles. The molecule has 1 N–H and O–H groups in total. The van der Waals surface area contributed by atoms with Gasteiger partial charge in [-0.25, -0.2) is 4.79 Å². The molecule has 0 unspecified atom stereocenters. The number of fused-ring (bicyclic) bond motifs is 2. The lowest BCUT2D eigenvalue weighted by atomic mass is 9.89. The largest absolute Gasteiger partial charge is 0.465 e. The van der Waals surface area contributed by atoms with Gasteiger partial charge in [-0.2, -0.15) is 0 Å². The number of amides is 1. The minimum atomic E-state index is -0.933. The lowest BCUT2D eigenvalue weighted by Crippen LogP contribution is -2.61. The second-order valence-electron chi connectivity index (χ2n) is 6.36. The van der Waals surface area contributed by atoms with E-state index in [1.54, 1.807) is 0 Å². The van der Waals surface area contributed by atoms with Gasteiger partial charge in [0.25, 0.3) is 0 Å². The number of hydrogen-bond acceptors (Lipinski definition) is 3. The van der Waals surface area contributed by atoms with Crippen LogP contribution < -0.4 is 0 Å². The van der Waals surface area contributed by atoms with Gasteiger partial charge >= 0.3 is 6.09 Å². The molecule has 0 spiro atoms. The van der Waals surface area contributed by atoms with E-state index in [1.807, 2.05) is 18.2 Å². The summed E-state index contributed by atoms with van der Waals surface area (Å²) in [6, 6.07) is 9.74. The van der Waals surface area contributed by atoms with E-state index in [4.69, 9.17) is 0 Å². The summed E-state index contributed by atoms with van der Waals surface area (Å²) in [7, 11) is 0. The van der Waals surface area contributed by atoms with Crippen molar-refractivity contribution in [3.8, 4) is 0 Å². The molecular weight excluding hydrogens is 268 g/mol. The van der Waals surface area contributed by atoms with E-state index in [2.05, 4.69) is 30.9 Å². The molecule has 2 bridgehead atoms. The fraction of sp³-hybridized carbons (Fsp3) is 0.500. The zero-order valence-corrected chi connectivity index (χ0v) is 12.3. The number of benzene rings is 1. The molecule has 112 valence electrons. The molecule has 0 radical (unpaired) electrons. The number of likely N-dealkylation sites (tertiary alicyclic amines) is 1. The highest BCUT2D eigenvalue weighted by Crippen LogP contribution is 2.39. The van der Waals surface area contributed by atoms with Crippen LogP contribution in [0, 0.1) is 0 Å². The van der Waals surface area contributed by atoms with E-state index in [1.165, 1.54) is 4.90 Å². The lowest BCUT2D eigenvalue weighted by Gasteiger charge is -2.48. The number of carbonyl (C=O) groups excluding carboxylic acids is 1. The Hall–Kier alpha value is -1.88. The monoisotopic (exact) mass is 288 g/mol. The number of piperazine rings is 1. The van der Waals surface area contributed by atoms with Crippen molar-refractivity contribution in [3.05, 3.63) is 35.9 Å². The summed E-state index contributed by atoms with van der Waals surface area (Å²) in [5.41, 5.74) is 0.867. The molecule has 5 heteroatoms. The highest BCUT2D eigenvalue weighted by Gasteiger charge is 2.52. The summed E-state index contributed by atoms with van der Waals surface area (Å²) in [6.45, 7) is 4.91. The van der Waals surface area contributed by atoms with Crippen molar-refractivity contribution in [2.45, 2.75) is 37.9 Å². The van der Waals surface area contributed by atoms with Crippen molar-refractivity contribution in [2.75, 3.05) is 13.1 Å². The second kappa shape index (κ2) is 4.84. The summed E-state index contributed by atoms with van der Waals surface area (Å²) < 4.78 is 0. The molecule has 2 saturated heterocycles. The van der Waals surface area contributed by atoms with Crippen molar-refractivity contribution >= 4 is 11.9 Å². The molecule has 21 heavy (non-hydrogen) atoms. The van der Waals surface area contributed by atoms with E-state index < -0.39 is 6.09 Å². The Bertz CT molecular complexity index is 570. The first-order valence-electron chi connectivity index (χ1n) is 7.26. The van der Waals surface area contributed by atoms with Crippen LogP contribution in [-0.4, -0.2) is 52.0 Å². The van der Waals surface area contributed by atoms with Crippen LogP contribution in [0.3, 0.4) is 0 Å². The Balaban J connectivity index is 1.93. The van der Waals surface area contributed by atoms with Crippen molar-refractivity contribution in [3.63, 3.8) is 0 Å². The van der Waals surface area contributed by atoms with Gasteiger partial charge in [-0.3, -0.25) is 9.69 Å². The van der Waals surface area contributed by atoms with Crippen LogP contribution in [0.25, 0.3) is 0 Å². The standard InChI is InChI=1S/C16H20N2O3/c1-16(2,11-6-4-3-5-7-11)18-12-8-14(19)13(18)10-17(9-12)15(20)21/h3-7,12-13H,8-10H2,1-2H3,(H,20,21)/t12-,13-/m1/s1. The van der Waals surface area contributed by atoms with Gasteiger partial charge < -0.3 is 10.0 Å². The first kappa shape index (κ1) is 14.1. The molecule has 1 aromatic rings. The predicted octanol–water partition coefficient (Wildman–Crippen LogP) is 1.93. The summed E-state index contributed by atoms with van der Waals surface area (Å²) >= 11 is 0. The quantitative estimate of drug-likeness (QED) is 0.903. The average Bonchev–Trinajstić information content (AvgIpc) is 2.67. The minimum absolute atomic E-state index is 0.0254. The number of carboxylic acid groups (broad SMARTS) is 1.